The first kappa shape index (κ1) is 13.5. The molecule has 5 heteroatoms. The summed E-state index contributed by atoms with van der Waals surface area (Å²) in [5, 5.41) is 2.89. The van der Waals surface area contributed by atoms with Crippen molar-refractivity contribution in [3.63, 3.8) is 0 Å². The van der Waals surface area contributed by atoms with Crippen LogP contribution < -0.4 is 11.1 Å². The molecule has 0 aliphatic heterocycles. The van der Waals surface area contributed by atoms with Crippen LogP contribution in [0.3, 0.4) is 0 Å². The maximum absolute atomic E-state index is 12.2. The third-order valence-corrected chi connectivity index (χ3v) is 3.54. The Kier molecular flexibility index (Phi) is 4.16. The van der Waals surface area contributed by atoms with Crippen molar-refractivity contribution in [1.29, 1.82) is 0 Å². The normalized spacial score (nSPS) is 10.4. The number of nitrogen functional groups attached to an aromatic ring is 1. The predicted octanol–water partition coefficient (Wildman–Crippen LogP) is 3.06. The Morgan fingerprint density at radius 3 is 2.89 bits per heavy atom. The number of benzene rings is 1. The van der Waals surface area contributed by atoms with Crippen molar-refractivity contribution in [2.75, 3.05) is 17.3 Å². The Balaban J connectivity index is 2.20. The molecule has 1 aromatic heterocycles. The lowest BCUT2D eigenvalue weighted by Crippen LogP contribution is -2.16. The number of hydrogen-bond donors (Lipinski definition) is 2. The van der Waals surface area contributed by atoms with Gasteiger partial charge >= 0.3 is 0 Å². The van der Waals surface area contributed by atoms with Gasteiger partial charge in [0.05, 0.1) is 5.69 Å². The number of anilines is 2. The number of rotatable bonds is 4. The van der Waals surface area contributed by atoms with Gasteiger partial charge in [-0.25, -0.2) is 0 Å². The maximum Gasteiger partial charge on any atom is 0.272 e. The minimum absolute atomic E-state index is 0.142. The number of carbonyl (C=O) groups excluding carboxylic acids is 1. The van der Waals surface area contributed by atoms with Crippen molar-refractivity contribution in [3.05, 3.63) is 42.2 Å². The SMILES string of the molecule is CCn1cc(N)cc1C(=O)Nc1cccc(SC)c1. The Bertz CT molecular complexity index is 592. The summed E-state index contributed by atoms with van der Waals surface area (Å²) in [5.74, 6) is -0.142. The van der Waals surface area contributed by atoms with Crippen molar-refractivity contribution < 1.29 is 4.79 Å². The minimum Gasteiger partial charge on any atom is -0.397 e. The molecule has 1 amide bonds. The molecule has 100 valence electrons. The van der Waals surface area contributed by atoms with Crippen molar-refractivity contribution in [1.82, 2.24) is 4.57 Å². The third kappa shape index (κ3) is 3.12. The van der Waals surface area contributed by atoms with Crippen LogP contribution >= 0.6 is 11.8 Å². The maximum atomic E-state index is 12.2. The number of amides is 1. The highest BCUT2D eigenvalue weighted by Gasteiger charge is 2.12. The van der Waals surface area contributed by atoms with E-state index in [1.165, 1.54) is 0 Å². The van der Waals surface area contributed by atoms with Gasteiger partial charge in [-0.1, -0.05) is 6.07 Å². The number of hydrogen-bond acceptors (Lipinski definition) is 3. The molecule has 0 aliphatic rings. The Labute approximate surface area is 117 Å². The molecular weight excluding hydrogens is 258 g/mol. The second-order valence-corrected chi connectivity index (χ2v) is 5.01. The fraction of sp³-hybridized carbons (Fsp3) is 0.214. The van der Waals surface area contributed by atoms with Gasteiger partial charge in [-0.15, -0.1) is 11.8 Å². The van der Waals surface area contributed by atoms with Gasteiger partial charge in [-0.3, -0.25) is 4.79 Å². The number of aromatic nitrogens is 1. The fourth-order valence-electron chi connectivity index (χ4n) is 1.88. The van der Waals surface area contributed by atoms with Gasteiger partial charge in [0.25, 0.3) is 5.91 Å². The summed E-state index contributed by atoms with van der Waals surface area (Å²) < 4.78 is 1.84. The molecule has 0 bridgehead atoms. The van der Waals surface area contributed by atoms with Crippen molar-refractivity contribution >= 4 is 29.0 Å². The Morgan fingerprint density at radius 1 is 1.42 bits per heavy atom. The summed E-state index contributed by atoms with van der Waals surface area (Å²) in [4.78, 5) is 13.3. The molecule has 2 aromatic rings. The zero-order valence-electron chi connectivity index (χ0n) is 11.0. The molecular formula is C14H17N3OS. The van der Waals surface area contributed by atoms with Crippen LogP contribution in [0.2, 0.25) is 0 Å². The van der Waals surface area contributed by atoms with Crippen LogP contribution in [0.15, 0.2) is 41.4 Å². The highest BCUT2D eigenvalue weighted by atomic mass is 32.2. The molecule has 2 rings (SSSR count). The quantitative estimate of drug-likeness (QED) is 0.843. The molecule has 0 spiro atoms. The Hall–Kier alpha value is -1.88. The molecule has 0 saturated carbocycles. The summed E-state index contributed by atoms with van der Waals surface area (Å²) in [7, 11) is 0. The van der Waals surface area contributed by atoms with E-state index in [0.717, 1.165) is 10.6 Å². The van der Waals surface area contributed by atoms with Gasteiger partial charge in [0.2, 0.25) is 0 Å². The van der Waals surface area contributed by atoms with Crippen LogP contribution in [0.1, 0.15) is 17.4 Å². The highest BCUT2D eigenvalue weighted by molar-refractivity contribution is 7.98. The minimum atomic E-state index is -0.142. The molecule has 0 atom stereocenters. The number of nitrogens with two attached hydrogens (primary N) is 1. The van der Waals surface area contributed by atoms with E-state index in [2.05, 4.69) is 5.32 Å². The summed E-state index contributed by atoms with van der Waals surface area (Å²) in [6.07, 6.45) is 3.77. The highest BCUT2D eigenvalue weighted by Crippen LogP contribution is 2.20. The van der Waals surface area contributed by atoms with E-state index >= 15 is 0 Å². The number of nitrogens with zero attached hydrogens (tertiary/aromatic N) is 1. The first-order valence-corrected chi connectivity index (χ1v) is 7.27. The zero-order chi connectivity index (χ0) is 13.8. The van der Waals surface area contributed by atoms with Gasteiger partial charge in [0.1, 0.15) is 5.69 Å². The molecule has 3 N–H and O–H groups in total. The van der Waals surface area contributed by atoms with Crippen LogP contribution in [0.4, 0.5) is 11.4 Å². The first-order valence-electron chi connectivity index (χ1n) is 6.05. The lowest BCUT2D eigenvalue weighted by molar-refractivity contribution is 0.101. The summed E-state index contributed by atoms with van der Waals surface area (Å²) >= 11 is 1.64. The van der Waals surface area contributed by atoms with E-state index in [1.54, 1.807) is 24.0 Å². The molecule has 1 heterocycles. The van der Waals surface area contributed by atoms with Gasteiger partial charge < -0.3 is 15.6 Å². The molecule has 0 radical (unpaired) electrons. The number of thioether (sulfide) groups is 1. The van der Waals surface area contributed by atoms with Gasteiger partial charge in [-0.2, -0.15) is 0 Å². The number of carbonyl (C=O) groups is 1. The third-order valence-electron chi connectivity index (χ3n) is 2.82. The standard InChI is InChI=1S/C14H17N3OS/c1-3-17-9-10(15)7-13(17)14(18)16-11-5-4-6-12(8-11)19-2/h4-9H,3,15H2,1-2H3,(H,16,18). The molecule has 0 fully saturated rings. The second-order valence-electron chi connectivity index (χ2n) is 4.13. The van der Waals surface area contributed by atoms with Crippen molar-refractivity contribution in [2.45, 2.75) is 18.4 Å². The van der Waals surface area contributed by atoms with Crippen LogP contribution in [-0.4, -0.2) is 16.7 Å². The lowest BCUT2D eigenvalue weighted by Gasteiger charge is -2.08. The summed E-state index contributed by atoms with van der Waals surface area (Å²) in [6.45, 7) is 2.69. The van der Waals surface area contributed by atoms with E-state index in [4.69, 9.17) is 5.73 Å². The lowest BCUT2D eigenvalue weighted by atomic mass is 10.3. The average Bonchev–Trinajstić information content (AvgIpc) is 2.80. The Morgan fingerprint density at radius 2 is 2.21 bits per heavy atom. The molecule has 0 saturated heterocycles. The summed E-state index contributed by atoms with van der Waals surface area (Å²) in [6, 6.07) is 9.45. The van der Waals surface area contributed by atoms with E-state index in [9.17, 15) is 4.79 Å². The number of aryl methyl sites for hydroxylation is 1. The largest absolute Gasteiger partial charge is 0.397 e. The predicted molar refractivity (Wildman–Crippen MR) is 80.7 cm³/mol. The molecule has 4 nitrogen and oxygen atoms in total. The van der Waals surface area contributed by atoms with E-state index in [1.807, 2.05) is 42.0 Å². The van der Waals surface area contributed by atoms with Crippen molar-refractivity contribution in [2.24, 2.45) is 0 Å². The van der Waals surface area contributed by atoms with Crippen LogP contribution in [0.5, 0.6) is 0 Å². The molecule has 0 aliphatic carbocycles. The van der Waals surface area contributed by atoms with E-state index < -0.39 is 0 Å². The second kappa shape index (κ2) is 5.84. The van der Waals surface area contributed by atoms with Gasteiger partial charge in [0.15, 0.2) is 0 Å². The molecule has 19 heavy (non-hydrogen) atoms. The van der Waals surface area contributed by atoms with E-state index in [0.29, 0.717) is 17.9 Å². The van der Waals surface area contributed by atoms with Crippen LogP contribution in [0, 0.1) is 0 Å². The average molecular weight is 275 g/mol. The molecule has 1 aromatic carbocycles. The van der Waals surface area contributed by atoms with Crippen molar-refractivity contribution in [3.8, 4) is 0 Å². The van der Waals surface area contributed by atoms with Crippen LogP contribution in [0.25, 0.3) is 0 Å². The molecule has 0 unspecified atom stereocenters. The topological polar surface area (TPSA) is 60.0 Å². The summed E-state index contributed by atoms with van der Waals surface area (Å²) in [5.41, 5.74) is 7.70. The smallest absolute Gasteiger partial charge is 0.272 e. The number of nitrogens with one attached hydrogen (secondary N) is 1. The van der Waals surface area contributed by atoms with Gasteiger partial charge in [-0.05, 0) is 37.4 Å². The monoisotopic (exact) mass is 275 g/mol. The van der Waals surface area contributed by atoms with E-state index in [-0.39, 0.29) is 5.91 Å². The van der Waals surface area contributed by atoms with Gasteiger partial charge in [0, 0.05) is 23.3 Å². The fourth-order valence-corrected chi connectivity index (χ4v) is 2.34. The first-order chi connectivity index (χ1) is 9.13. The van der Waals surface area contributed by atoms with Crippen LogP contribution in [-0.2, 0) is 6.54 Å². The zero-order valence-corrected chi connectivity index (χ0v) is 11.8.